The first kappa shape index (κ1) is 26.4. The van der Waals surface area contributed by atoms with Crippen molar-refractivity contribution in [3.05, 3.63) is 60.2 Å². The summed E-state index contributed by atoms with van der Waals surface area (Å²) in [5.74, 6) is -0.222. The van der Waals surface area contributed by atoms with Gasteiger partial charge in [-0.25, -0.2) is 0 Å². The van der Waals surface area contributed by atoms with Gasteiger partial charge in [0.1, 0.15) is 6.10 Å². The van der Waals surface area contributed by atoms with Gasteiger partial charge >= 0.3 is 5.97 Å². The van der Waals surface area contributed by atoms with Gasteiger partial charge in [0, 0.05) is 6.42 Å². The number of ether oxygens (including phenoxy) is 1. The monoisotopic (exact) mass is 440 g/mol. The van der Waals surface area contributed by atoms with Gasteiger partial charge in [-0.2, -0.15) is 0 Å². The van der Waals surface area contributed by atoms with E-state index < -0.39 is 0 Å². The van der Waals surface area contributed by atoms with Crippen LogP contribution in [0.25, 0.3) is 0 Å². The van der Waals surface area contributed by atoms with E-state index in [0.717, 1.165) is 24.8 Å². The van der Waals surface area contributed by atoms with E-state index in [9.17, 15) is 9.90 Å². The van der Waals surface area contributed by atoms with Gasteiger partial charge in [-0.3, -0.25) is 4.79 Å². The molecule has 0 saturated carbocycles. The van der Waals surface area contributed by atoms with Gasteiger partial charge in [0.15, 0.2) is 0 Å². The normalized spacial score (nSPS) is 19.4. The SMILES string of the molecule is CCCCC/C=C\C/C=C\CCCCCCCC(O)C[C@@H]1OC(=O)[C@@H]1Cc1ccccc1. The van der Waals surface area contributed by atoms with Crippen LogP contribution in [0.15, 0.2) is 54.6 Å². The van der Waals surface area contributed by atoms with E-state index in [0.29, 0.717) is 12.8 Å². The maximum Gasteiger partial charge on any atom is 0.313 e. The number of cyclic esters (lactones) is 1. The number of aliphatic hydroxyl groups is 1. The number of carbonyl (C=O) groups is 1. The fraction of sp³-hybridized carbons (Fsp3) is 0.621. The van der Waals surface area contributed by atoms with Crippen LogP contribution in [0.1, 0.15) is 96.0 Å². The fourth-order valence-electron chi connectivity index (χ4n) is 4.27. The van der Waals surface area contributed by atoms with Crippen molar-refractivity contribution < 1.29 is 14.6 Å². The fourth-order valence-corrected chi connectivity index (χ4v) is 4.27. The Kier molecular flexibility index (Phi) is 13.8. The van der Waals surface area contributed by atoms with Crippen molar-refractivity contribution in [1.29, 1.82) is 0 Å². The molecule has 1 N–H and O–H groups in total. The van der Waals surface area contributed by atoms with Crippen LogP contribution in [0.2, 0.25) is 0 Å². The summed E-state index contributed by atoms with van der Waals surface area (Å²) in [5.41, 5.74) is 1.15. The summed E-state index contributed by atoms with van der Waals surface area (Å²) in [4.78, 5) is 11.8. The van der Waals surface area contributed by atoms with Crippen LogP contribution in [0.3, 0.4) is 0 Å². The van der Waals surface area contributed by atoms with Crippen molar-refractivity contribution in [2.75, 3.05) is 0 Å². The molecule has 0 radical (unpaired) electrons. The number of unbranched alkanes of at least 4 members (excludes halogenated alkanes) is 8. The molecule has 1 heterocycles. The molecule has 1 aliphatic rings. The average Bonchev–Trinajstić information content (AvgIpc) is 2.80. The van der Waals surface area contributed by atoms with Gasteiger partial charge in [-0.05, 0) is 50.5 Å². The van der Waals surface area contributed by atoms with E-state index in [4.69, 9.17) is 4.74 Å². The predicted molar refractivity (Wildman–Crippen MR) is 133 cm³/mol. The zero-order valence-corrected chi connectivity index (χ0v) is 20.1. The number of benzene rings is 1. The maximum atomic E-state index is 11.8. The van der Waals surface area contributed by atoms with Crippen LogP contribution in [-0.4, -0.2) is 23.3 Å². The zero-order chi connectivity index (χ0) is 22.9. The third-order valence-electron chi connectivity index (χ3n) is 6.31. The van der Waals surface area contributed by atoms with E-state index in [2.05, 4.69) is 31.2 Å². The molecule has 1 saturated heterocycles. The lowest BCUT2D eigenvalue weighted by Crippen LogP contribution is -2.47. The summed E-state index contributed by atoms with van der Waals surface area (Å²) in [6.07, 6.45) is 24.1. The third-order valence-corrected chi connectivity index (χ3v) is 6.31. The number of esters is 1. The minimum Gasteiger partial charge on any atom is -0.461 e. The van der Waals surface area contributed by atoms with Crippen molar-refractivity contribution in [1.82, 2.24) is 0 Å². The summed E-state index contributed by atoms with van der Waals surface area (Å²) >= 11 is 0. The minimum atomic E-state index is -0.371. The Morgan fingerprint density at radius 2 is 1.56 bits per heavy atom. The lowest BCUT2D eigenvalue weighted by Gasteiger charge is -2.36. The molecule has 0 aromatic heterocycles. The Labute approximate surface area is 196 Å². The van der Waals surface area contributed by atoms with Gasteiger partial charge in [-0.15, -0.1) is 0 Å². The molecule has 0 amide bonds. The smallest absolute Gasteiger partial charge is 0.313 e. The number of aliphatic hydroxyl groups excluding tert-OH is 1. The molecule has 0 aliphatic carbocycles. The molecular formula is C29H44O3. The first-order valence-corrected chi connectivity index (χ1v) is 12.9. The summed E-state index contributed by atoms with van der Waals surface area (Å²) in [7, 11) is 0. The van der Waals surface area contributed by atoms with Crippen molar-refractivity contribution >= 4 is 5.97 Å². The van der Waals surface area contributed by atoms with E-state index in [1.807, 2.05) is 30.3 Å². The second kappa shape index (κ2) is 16.7. The van der Waals surface area contributed by atoms with Gasteiger partial charge < -0.3 is 9.84 Å². The topological polar surface area (TPSA) is 46.5 Å². The Bertz CT molecular complexity index is 664. The molecule has 0 bridgehead atoms. The highest BCUT2D eigenvalue weighted by atomic mass is 16.6. The standard InChI is InChI=1S/C29H44O3/c1-2-3-4-5-6-7-8-9-10-11-12-13-14-15-19-22-26(30)24-28-27(29(31)32-28)23-25-20-17-16-18-21-25/h6-7,9-10,16-18,20-21,26-28,30H,2-5,8,11-15,19,22-24H2,1H3/b7-6-,10-9-/t26?,27-,28+/m1/s1. The summed E-state index contributed by atoms with van der Waals surface area (Å²) in [6.45, 7) is 2.24. The maximum absolute atomic E-state index is 11.8. The molecule has 1 aliphatic heterocycles. The summed E-state index contributed by atoms with van der Waals surface area (Å²) < 4.78 is 5.31. The number of rotatable bonds is 18. The van der Waals surface area contributed by atoms with E-state index in [1.54, 1.807) is 0 Å². The lowest BCUT2D eigenvalue weighted by atomic mass is 9.86. The molecular weight excluding hydrogens is 396 g/mol. The first-order valence-electron chi connectivity index (χ1n) is 12.9. The van der Waals surface area contributed by atoms with Crippen LogP contribution in [0.5, 0.6) is 0 Å². The van der Waals surface area contributed by atoms with Gasteiger partial charge in [0.25, 0.3) is 0 Å². The van der Waals surface area contributed by atoms with Crippen LogP contribution in [0.4, 0.5) is 0 Å². The van der Waals surface area contributed by atoms with Gasteiger partial charge in [-0.1, -0.05) is 100 Å². The van der Waals surface area contributed by atoms with E-state index in [1.165, 1.54) is 57.8 Å². The van der Waals surface area contributed by atoms with E-state index >= 15 is 0 Å². The van der Waals surface area contributed by atoms with Gasteiger partial charge in [0.2, 0.25) is 0 Å². The van der Waals surface area contributed by atoms with Crippen molar-refractivity contribution in [3.8, 4) is 0 Å². The average molecular weight is 441 g/mol. The number of carbonyl (C=O) groups excluding carboxylic acids is 1. The van der Waals surface area contributed by atoms with Crippen molar-refractivity contribution in [3.63, 3.8) is 0 Å². The highest BCUT2D eigenvalue weighted by Crippen LogP contribution is 2.30. The molecule has 3 nitrogen and oxygen atoms in total. The van der Waals surface area contributed by atoms with Crippen LogP contribution < -0.4 is 0 Å². The summed E-state index contributed by atoms with van der Waals surface area (Å²) in [6, 6.07) is 10.1. The van der Waals surface area contributed by atoms with Crippen LogP contribution in [-0.2, 0) is 16.0 Å². The molecule has 2 rings (SSSR count). The highest BCUT2D eigenvalue weighted by molar-refractivity contribution is 5.78. The van der Waals surface area contributed by atoms with E-state index in [-0.39, 0.29) is 24.1 Å². The lowest BCUT2D eigenvalue weighted by molar-refractivity contribution is -0.187. The second-order valence-electron chi connectivity index (χ2n) is 9.18. The largest absolute Gasteiger partial charge is 0.461 e. The van der Waals surface area contributed by atoms with Gasteiger partial charge in [0.05, 0.1) is 12.0 Å². The number of allylic oxidation sites excluding steroid dienone is 4. The Morgan fingerprint density at radius 3 is 2.25 bits per heavy atom. The molecule has 1 aromatic rings. The molecule has 32 heavy (non-hydrogen) atoms. The molecule has 178 valence electrons. The molecule has 1 unspecified atom stereocenters. The van der Waals surface area contributed by atoms with Crippen molar-refractivity contribution in [2.24, 2.45) is 5.92 Å². The third kappa shape index (κ3) is 11.1. The first-order chi connectivity index (χ1) is 15.7. The zero-order valence-electron chi connectivity index (χ0n) is 20.1. The Morgan fingerprint density at radius 1 is 0.906 bits per heavy atom. The Hall–Kier alpha value is -1.87. The van der Waals surface area contributed by atoms with Crippen LogP contribution in [0, 0.1) is 5.92 Å². The van der Waals surface area contributed by atoms with Crippen molar-refractivity contribution in [2.45, 2.75) is 109 Å². The minimum absolute atomic E-state index is 0.100. The quantitative estimate of drug-likeness (QED) is 0.148. The second-order valence-corrected chi connectivity index (χ2v) is 9.18. The molecule has 1 aromatic carbocycles. The molecule has 3 heteroatoms. The number of hydrogen-bond acceptors (Lipinski definition) is 3. The molecule has 0 spiro atoms. The summed E-state index contributed by atoms with van der Waals surface area (Å²) in [5, 5.41) is 10.4. The Balaban J connectivity index is 1.43. The predicted octanol–water partition coefficient (Wildman–Crippen LogP) is 7.34. The molecule has 3 atom stereocenters. The highest BCUT2D eigenvalue weighted by Gasteiger charge is 2.42. The molecule has 1 fully saturated rings. The van der Waals surface area contributed by atoms with Crippen LogP contribution >= 0.6 is 0 Å². The number of hydrogen-bond donors (Lipinski definition) is 1.